The lowest BCUT2D eigenvalue weighted by atomic mass is 9.90. The number of hydrogen-bond donors (Lipinski definition) is 1. The molecular weight excluding hydrogens is 264 g/mol. The van der Waals surface area contributed by atoms with Crippen molar-refractivity contribution in [3.63, 3.8) is 0 Å². The van der Waals surface area contributed by atoms with E-state index in [9.17, 15) is 0 Å². The minimum Gasteiger partial charge on any atom is -0.311 e. The molecule has 0 bridgehead atoms. The van der Waals surface area contributed by atoms with Gasteiger partial charge in [0.15, 0.2) is 0 Å². The summed E-state index contributed by atoms with van der Waals surface area (Å²) in [4.78, 5) is 4.24. The van der Waals surface area contributed by atoms with Crippen LogP contribution in [0.2, 0.25) is 0 Å². The fourth-order valence-electron chi connectivity index (χ4n) is 3.41. The zero-order valence-electron chi connectivity index (χ0n) is 12.9. The first-order chi connectivity index (χ1) is 9.62. The highest BCUT2D eigenvalue weighted by atomic mass is 32.2. The molecule has 0 spiro atoms. The highest BCUT2D eigenvalue weighted by molar-refractivity contribution is 7.99. The van der Waals surface area contributed by atoms with Gasteiger partial charge in [0, 0.05) is 47.8 Å². The van der Waals surface area contributed by atoms with Crippen LogP contribution in [0, 0.1) is 0 Å². The first kappa shape index (κ1) is 14.4. The molecule has 110 valence electrons. The van der Waals surface area contributed by atoms with Crippen LogP contribution >= 0.6 is 11.8 Å². The molecule has 1 aromatic rings. The molecule has 2 aliphatic heterocycles. The lowest BCUT2D eigenvalue weighted by Crippen LogP contribution is -2.63. The van der Waals surface area contributed by atoms with Crippen molar-refractivity contribution in [2.75, 3.05) is 25.4 Å². The standard InChI is InChI=1S/C17H26N2S/c1-4-17(3)12-18-13(2)9-19(17)10-14-11-20-16-8-6-5-7-15(14)16/h5-8,13-14,18H,4,9-12H2,1-3H3. The van der Waals surface area contributed by atoms with Crippen molar-refractivity contribution >= 4 is 11.8 Å². The monoisotopic (exact) mass is 290 g/mol. The van der Waals surface area contributed by atoms with Gasteiger partial charge in [-0.3, -0.25) is 4.90 Å². The Labute approximate surface area is 127 Å². The van der Waals surface area contributed by atoms with Crippen LogP contribution in [0.4, 0.5) is 0 Å². The number of nitrogens with zero attached hydrogens (tertiary/aromatic N) is 1. The third-order valence-corrected chi connectivity index (χ3v) is 6.34. The largest absolute Gasteiger partial charge is 0.311 e. The number of rotatable bonds is 3. The molecule has 0 radical (unpaired) electrons. The Bertz CT molecular complexity index is 476. The molecule has 0 saturated carbocycles. The second kappa shape index (κ2) is 5.70. The van der Waals surface area contributed by atoms with Gasteiger partial charge in [0.25, 0.3) is 0 Å². The molecule has 1 saturated heterocycles. The Balaban J connectivity index is 1.76. The number of nitrogens with one attached hydrogen (secondary N) is 1. The summed E-state index contributed by atoms with van der Waals surface area (Å²) >= 11 is 2.03. The molecule has 3 heteroatoms. The van der Waals surface area contributed by atoms with E-state index in [4.69, 9.17) is 0 Å². The Morgan fingerprint density at radius 2 is 2.20 bits per heavy atom. The molecule has 0 amide bonds. The fraction of sp³-hybridized carbons (Fsp3) is 0.647. The number of thioether (sulfide) groups is 1. The smallest absolute Gasteiger partial charge is 0.0304 e. The number of benzene rings is 1. The zero-order chi connectivity index (χ0) is 14.2. The molecule has 3 atom stereocenters. The molecule has 2 nitrogen and oxygen atoms in total. The summed E-state index contributed by atoms with van der Waals surface area (Å²) in [6, 6.07) is 9.57. The Morgan fingerprint density at radius 1 is 1.40 bits per heavy atom. The Kier molecular flexibility index (Phi) is 4.11. The first-order valence-corrected chi connectivity index (χ1v) is 8.81. The topological polar surface area (TPSA) is 15.3 Å². The molecule has 1 N–H and O–H groups in total. The molecule has 20 heavy (non-hydrogen) atoms. The molecule has 3 unspecified atom stereocenters. The van der Waals surface area contributed by atoms with E-state index in [-0.39, 0.29) is 0 Å². The van der Waals surface area contributed by atoms with Gasteiger partial charge < -0.3 is 5.32 Å². The van der Waals surface area contributed by atoms with Crippen LogP contribution in [0.5, 0.6) is 0 Å². The van der Waals surface area contributed by atoms with E-state index in [2.05, 4.69) is 55.3 Å². The summed E-state index contributed by atoms with van der Waals surface area (Å²) in [5.41, 5.74) is 1.89. The SMILES string of the molecule is CCC1(C)CNC(C)CN1CC1CSc2ccccc21. The van der Waals surface area contributed by atoms with Gasteiger partial charge in [-0.1, -0.05) is 25.1 Å². The van der Waals surface area contributed by atoms with E-state index in [1.165, 1.54) is 30.2 Å². The molecule has 2 aliphatic rings. The molecular formula is C17H26N2S. The number of piperazine rings is 1. The summed E-state index contributed by atoms with van der Waals surface area (Å²) < 4.78 is 0. The molecule has 0 aromatic heterocycles. The minimum atomic E-state index is 0.314. The number of hydrogen-bond acceptors (Lipinski definition) is 3. The van der Waals surface area contributed by atoms with Crippen LogP contribution < -0.4 is 5.32 Å². The summed E-state index contributed by atoms with van der Waals surface area (Å²) in [6.45, 7) is 10.5. The number of fused-ring (bicyclic) bond motifs is 1. The maximum Gasteiger partial charge on any atom is 0.0304 e. The van der Waals surface area contributed by atoms with Gasteiger partial charge in [0.1, 0.15) is 0 Å². The summed E-state index contributed by atoms with van der Waals surface area (Å²) in [7, 11) is 0. The van der Waals surface area contributed by atoms with Gasteiger partial charge >= 0.3 is 0 Å². The van der Waals surface area contributed by atoms with Gasteiger partial charge in [-0.25, -0.2) is 0 Å². The quantitative estimate of drug-likeness (QED) is 0.919. The molecule has 2 heterocycles. The van der Waals surface area contributed by atoms with Crippen LogP contribution in [-0.4, -0.2) is 41.9 Å². The van der Waals surface area contributed by atoms with E-state index in [1.807, 2.05) is 11.8 Å². The van der Waals surface area contributed by atoms with Crippen LogP contribution in [0.15, 0.2) is 29.2 Å². The third kappa shape index (κ3) is 2.63. The second-order valence-corrected chi connectivity index (χ2v) is 7.65. The van der Waals surface area contributed by atoms with Gasteiger partial charge in [0.2, 0.25) is 0 Å². The molecule has 0 aliphatic carbocycles. The van der Waals surface area contributed by atoms with Crippen molar-refractivity contribution in [1.29, 1.82) is 0 Å². The lowest BCUT2D eigenvalue weighted by molar-refractivity contribution is 0.0486. The normalized spacial score (nSPS) is 34.1. The first-order valence-electron chi connectivity index (χ1n) is 7.82. The van der Waals surface area contributed by atoms with Crippen molar-refractivity contribution in [3.05, 3.63) is 29.8 Å². The van der Waals surface area contributed by atoms with Crippen molar-refractivity contribution in [2.45, 2.75) is 49.6 Å². The van der Waals surface area contributed by atoms with E-state index >= 15 is 0 Å². The predicted octanol–water partition coefficient (Wildman–Crippen LogP) is 3.34. The Hall–Kier alpha value is -0.510. The zero-order valence-corrected chi connectivity index (χ0v) is 13.7. The molecule has 1 aromatic carbocycles. The molecule has 3 rings (SSSR count). The lowest BCUT2D eigenvalue weighted by Gasteiger charge is -2.48. The highest BCUT2D eigenvalue weighted by Crippen LogP contribution is 2.40. The van der Waals surface area contributed by atoms with Crippen LogP contribution in [0.3, 0.4) is 0 Å². The second-order valence-electron chi connectivity index (χ2n) is 6.58. The van der Waals surface area contributed by atoms with Crippen molar-refractivity contribution in [3.8, 4) is 0 Å². The highest BCUT2D eigenvalue weighted by Gasteiger charge is 2.37. The predicted molar refractivity (Wildman–Crippen MR) is 87.6 cm³/mol. The van der Waals surface area contributed by atoms with Crippen LogP contribution in [0.1, 0.15) is 38.7 Å². The van der Waals surface area contributed by atoms with Crippen LogP contribution in [0.25, 0.3) is 0 Å². The van der Waals surface area contributed by atoms with Crippen LogP contribution in [-0.2, 0) is 0 Å². The summed E-state index contributed by atoms with van der Waals surface area (Å²) in [6.07, 6.45) is 1.22. The van der Waals surface area contributed by atoms with Gasteiger partial charge in [-0.15, -0.1) is 11.8 Å². The van der Waals surface area contributed by atoms with Gasteiger partial charge in [0.05, 0.1) is 0 Å². The average Bonchev–Trinajstić information content (AvgIpc) is 2.87. The Morgan fingerprint density at radius 3 is 3.00 bits per heavy atom. The summed E-state index contributed by atoms with van der Waals surface area (Å²) in [5.74, 6) is 1.95. The third-order valence-electron chi connectivity index (χ3n) is 5.09. The van der Waals surface area contributed by atoms with Crippen molar-refractivity contribution in [2.24, 2.45) is 0 Å². The fourth-order valence-corrected chi connectivity index (χ4v) is 4.65. The molecule has 1 fully saturated rings. The maximum atomic E-state index is 3.65. The van der Waals surface area contributed by atoms with E-state index in [0.717, 1.165) is 6.54 Å². The van der Waals surface area contributed by atoms with E-state index < -0.39 is 0 Å². The average molecular weight is 290 g/mol. The van der Waals surface area contributed by atoms with E-state index in [0.29, 0.717) is 17.5 Å². The minimum absolute atomic E-state index is 0.314. The maximum absolute atomic E-state index is 3.65. The summed E-state index contributed by atoms with van der Waals surface area (Å²) in [5, 5.41) is 3.65. The van der Waals surface area contributed by atoms with Crippen molar-refractivity contribution in [1.82, 2.24) is 10.2 Å². The van der Waals surface area contributed by atoms with Crippen molar-refractivity contribution < 1.29 is 0 Å². The van der Waals surface area contributed by atoms with Gasteiger partial charge in [-0.05, 0) is 31.9 Å². The van der Waals surface area contributed by atoms with E-state index in [1.54, 1.807) is 5.56 Å². The van der Waals surface area contributed by atoms with Gasteiger partial charge in [-0.2, -0.15) is 0 Å².